The molecule has 1 saturated heterocycles. The van der Waals surface area contributed by atoms with Crippen molar-refractivity contribution in [3.8, 4) is 11.1 Å². The van der Waals surface area contributed by atoms with Gasteiger partial charge in [-0.05, 0) is 35.1 Å². The number of benzene rings is 2. The van der Waals surface area contributed by atoms with Crippen molar-refractivity contribution in [3.63, 3.8) is 0 Å². The Bertz CT molecular complexity index is 716. The van der Waals surface area contributed by atoms with Gasteiger partial charge in [0.05, 0.1) is 6.54 Å². The van der Waals surface area contributed by atoms with E-state index in [1.54, 1.807) is 11.8 Å². The van der Waals surface area contributed by atoms with E-state index in [0.29, 0.717) is 13.0 Å². The maximum absolute atomic E-state index is 12.3. The normalized spacial score (nSPS) is 17.2. The zero-order valence-corrected chi connectivity index (χ0v) is 14.4. The molecule has 0 unspecified atom stereocenters. The van der Waals surface area contributed by atoms with Gasteiger partial charge in [-0.3, -0.25) is 9.69 Å². The van der Waals surface area contributed by atoms with E-state index in [1.807, 2.05) is 48.7 Å². The summed E-state index contributed by atoms with van der Waals surface area (Å²) in [5, 5.41) is 2.77. The first-order chi connectivity index (χ1) is 11.7. The van der Waals surface area contributed by atoms with Gasteiger partial charge < -0.3 is 5.32 Å². The quantitative estimate of drug-likeness (QED) is 0.819. The predicted molar refractivity (Wildman–Crippen MR) is 97.7 cm³/mol. The Kier molecular flexibility index (Phi) is 5.20. The molecule has 1 N–H and O–H groups in total. The van der Waals surface area contributed by atoms with Crippen molar-refractivity contribution in [1.29, 1.82) is 0 Å². The van der Waals surface area contributed by atoms with Crippen LogP contribution in [0.25, 0.3) is 11.1 Å². The number of nitrogens with one attached hydrogen (secondary N) is 1. The van der Waals surface area contributed by atoms with Gasteiger partial charge in [0.15, 0.2) is 0 Å². The van der Waals surface area contributed by atoms with Crippen LogP contribution in [0.2, 0.25) is 0 Å². The average molecular weight is 340 g/mol. The van der Waals surface area contributed by atoms with E-state index in [1.165, 1.54) is 4.90 Å². The molecule has 4 nitrogen and oxygen atoms in total. The molecule has 1 aliphatic heterocycles. The molecule has 0 aromatic heterocycles. The molecule has 0 saturated carbocycles. The van der Waals surface area contributed by atoms with Crippen LogP contribution in [-0.4, -0.2) is 34.9 Å². The molecule has 0 radical (unpaired) electrons. The van der Waals surface area contributed by atoms with Gasteiger partial charge in [-0.25, -0.2) is 4.79 Å². The first kappa shape index (κ1) is 16.6. The Labute approximate surface area is 146 Å². The van der Waals surface area contributed by atoms with Crippen LogP contribution in [0.15, 0.2) is 54.6 Å². The number of imide groups is 1. The number of hydrogen-bond donors (Lipinski definition) is 1. The highest BCUT2D eigenvalue weighted by Crippen LogP contribution is 2.21. The molecule has 2 aromatic rings. The standard InChI is InChI=1S/C19H20N2O2S/c1-24-12-11-17-18(22)21(19(23)20-17)13-14-7-9-16(10-8-14)15-5-3-2-4-6-15/h2-10,17H,11-13H2,1H3,(H,20,23)/t17-/m1/s1. The molecule has 1 aliphatic rings. The Morgan fingerprint density at radius 3 is 2.33 bits per heavy atom. The summed E-state index contributed by atoms with van der Waals surface area (Å²) in [6, 6.07) is 17.4. The van der Waals surface area contributed by atoms with Crippen molar-refractivity contribution < 1.29 is 9.59 Å². The highest BCUT2D eigenvalue weighted by Gasteiger charge is 2.37. The van der Waals surface area contributed by atoms with Gasteiger partial charge in [-0.2, -0.15) is 11.8 Å². The number of thioether (sulfide) groups is 1. The first-order valence-electron chi connectivity index (χ1n) is 7.94. The lowest BCUT2D eigenvalue weighted by Gasteiger charge is -2.13. The van der Waals surface area contributed by atoms with Crippen LogP contribution in [0.1, 0.15) is 12.0 Å². The van der Waals surface area contributed by atoms with Gasteiger partial charge >= 0.3 is 6.03 Å². The minimum absolute atomic E-state index is 0.124. The summed E-state index contributed by atoms with van der Waals surface area (Å²) < 4.78 is 0. The number of rotatable bonds is 6. The fourth-order valence-corrected chi connectivity index (χ4v) is 3.25. The Morgan fingerprint density at radius 2 is 1.67 bits per heavy atom. The van der Waals surface area contributed by atoms with Crippen LogP contribution >= 0.6 is 11.8 Å². The molecule has 124 valence electrons. The summed E-state index contributed by atoms with van der Waals surface area (Å²) in [7, 11) is 0. The molecule has 2 aromatic carbocycles. The van der Waals surface area contributed by atoms with Crippen molar-refractivity contribution in [3.05, 3.63) is 60.2 Å². The molecule has 1 heterocycles. The number of carbonyl (C=O) groups excluding carboxylic acids is 2. The lowest BCUT2D eigenvalue weighted by Crippen LogP contribution is -2.31. The maximum atomic E-state index is 12.3. The van der Waals surface area contributed by atoms with Crippen molar-refractivity contribution >= 4 is 23.7 Å². The molecule has 24 heavy (non-hydrogen) atoms. The van der Waals surface area contributed by atoms with Crippen LogP contribution in [0.4, 0.5) is 4.79 Å². The molecule has 0 spiro atoms. The third kappa shape index (κ3) is 3.62. The lowest BCUT2D eigenvalue weighted by molar-refractivity contribution is -0.127. The van der Waals surface area contributed by atoms with E-state index in [4.69, 9.17) is 0 Å². The van der Waals surface area contributed by atoms with Crippen LogP contribution in [0, 0.1) is 0 Å². The van der Waals surface area contributed by atoms with Gasteiger partial charge in [0, 0.05) is 0 Å². The van der Waals surface area contributed by atoms with Crippen molar-refractivity contribution in [2.45, 2.75) is 19.0 Å². The Hall–Kier alpha value is -2.27. The topological polar surface area (TPSA) is 49.4 Å². The van der Waals surface area contributed by atoms with Crippen molar-refractivity contribution in [2.24, 2.45) is 0 Å². The molecular formula is C19H20N2O2S. The minimum Gasteiger partial charge on any atom is -0.326 e. The smallest absolute Gasteiger partial charge is 0.325 e. The Morgan fingerprint density at radius 1 is 1.00 bits per heavy atom. The number of carbonyl (C=O) groups is 2. The van der Waals surface area contributed by atoms with Crippen LogP contribution in [0.3, 0.4) is 0 Å². The summed E-state index contributed by atoms with van der Waals surface area (Å²) in [6.07, 6.45) is 2.67. The number of hydrogen-bond acceptors (Lipinski definition) is 3. The summed E-state index contributed by atoms with van der Waals surface area (Å²) >= 11 is 1.67. The van der Waals surface area contributed by atoms with E-state index >= 15 is 0 Å². The second-order valence-corrected chi connectivity index (χ2v) is 6.76. The zero-order valence-electron chi connectivity index (χ0n) is 13.6. The fraction of sp³-hybridized carbons (Fsp3) is 0.263. The summed E-state index contributed by atoms with van der Waals surface area (Å²) in [5.41, 5.74) is 3.22. The minimum atomic E-state index is -0.381. The number of nitrogens with zero attached hydrogens (tertiary/aromatic N) is 1. The molecule has 3 rings (SSSR count). The van der Waals surface area contributed by atoms with E-state index in [0.717, 1.165) is 22.4 Å². The second-order valence-electron chi connectivity index (χ2n) is 5.77. The number of amides is 3. The van der Waals surface area contributed by atoms with Gasteiger partial charge in [-0.1, -0.05) is 54.6 Å². The predicted octanol–water partition coefficient (Wildman–Crippen LogP) is 3.53. The summed E-state index contributed by atoms with van der Waals surface area (Å²) in [6.45, 7) is 0.315. The van der Waals surface area contributed by atoms with Gasteiger partial charge in [0.1, 0.15) is 6.04 Å². The highest BCUT2D eigenvalue weighted by molar-refractivity contribution is 7.98. The molecule has 3 amide bonds. The molecule has 1 atom stereocenters. The summed E-state index contributed by atoms with van der Waals surface area (Å²) in [5.74, 6) is 0.734. The van der Waals surface area contributed by atoms with Crippen molar-refractivity contribution in [2.75, 3.05) is 12.0 Å². The van der Waals surface area contributed by atoms with Crippen LogP contribution in [0.5, 0.6) is 0 Å². The zero-order chi connectivity index (χ0) is 16.9. The van der Waals surface area contributed by atoms with Gasteiger partial charge in [-0.15, -0.1) is 0 Å². The largest absolute Gasteiger partial charge is 0.326 e. The van der Waals surface area contributed by atoms with Crippen LogP contribution in [-0.2, 0) is 11.3 Å². The number of urea groups is 1. The average Bonchev–Trinajstić information content (AvgIpc) is 2.89. The van der Waals surface area contributed by atoms with E-state index in [2.05, 4.69) is 17.4 Å². The third-order valence-corrected chi connectivity index (χ3v) is 4.76. The second kappa shape index (κ2) is 7.53. The van der Waals surface area contributed by atoms with Crippen LogP contribution < -0.4 is 5.32 Å². The molecule has 1 fully saturated rings. The monoisotopic (exact) mass is 340 g/mol. The third-order valence-electron chi connectivity index (χ3n) is 4.12. The molecule has 5 heteroatoms. The van der Waals surface area contributed by atoms with E-state index in [9.17, 15) is 9.59 Å². The maximum Gasteiger partial charge on any atom is 0.325 e. The Balaban J connectivity index is 1.68. The van der Waals surface area contributed by atoms with Crippen molar-refractivity contribution in [1.82, 2.24) is 10.2 Å². The van der Waals surface area contributed by atoms with Gasteiger partial charge in [0.25, 0.3) is 5.91 Å². The molecule has 0 bridgehead atoms. The lowest BCUT2D eigenvalue weighted by atomic mass is 10.0. The van der Waals surface area contributed by atoms with E-state index in [-0.39, 0.29) is 18.0 Å². The van der Waals surface area contributed by atoms with E-state index < -0.39 is 0 Å². The fourth-order valence-electron chi connectivity index (χ4n) is 2.77. The molecule has 0 aliphatic carbocycles. The highest BCUT2D eigenvalue weighted by atomic mass is 32.2. The summed E-state index contributed by atoms with van der Waals surface area (Å²) in [4.78, 5) is 25.7. The molecular weight excluding hydrogens is 320 g/mol. The van der Waals surface area contributed by atoms with Gasteiger partial charge in [0.2, 0.25) is 0 Å². The first-order valence-corrected chi connectivity index (χ1v) is 9.33. The SMILES string of the molecule is CSCC[C@H]1NC(=O)N(Cc2ccc(-c3ccccc3)cc2)C1=O.